The number of hydrogen-bond acceptors (Lipinski definition) is 4. The van der Waals surface area contributed by atoms with Crippen LogP contribution in [-0.4, -0.2) is 24.3 Å². The Bertz CT molecular complexity index is 909. The van der Waals surface area contributed by atoms with Crippen LogP contribution in [0.3, 0.4) is 0 Å². The number of nitrogens with one attached hydrogen (secondary N) is 3. The third-order valence-electron chi connectivity index (χ3n) is 4.42. The van der Waals surface area contributed by atoms with E-state index < -0.39 is 11.8 Å². The lowest BCUT2D eigenvalue weighted by Crippen LogP contribution is -2.44. The van der Waals surface area contributed by atoms with E-state index in [9.17, 15) is 14.4 Å². The molecule has 0 heterocycles. The number of aryl methyl sites for hydroxylation is 4. The number of rotatable bonds is 7. The minimum Gasteiger partial charge on any atom is -0.484 e. The Morgan fingerprint density at radius 1 is 0.759 bits per heavy atom. The molecule has 0 aromatic heterocycles. The van der Waals surface area contributed by atoms with Gasteiger partial charge in [0.1, 0.15) is 5.75 Å². The molecule has 2 aromatic carbocycles. The molecule has 2 rings (SSSR count). The summed E-state index contributed by atoms with van der Waals surface area (Å²) in [5.74, 6) is -0.634. The first kappa shape index (κ1) is 21.9. The van der Waals surface area contributed by atoms with Crippen LogP contribution in [0.15, 0.2) is 36.4 Å². The normalized spacial score (nSPS) is 10.2. The first-order valence-electron chi connectivity index (χ1n) is 9.39. The molecule has 2 aromatic rings. The van der Waals surface area contributed by atoms with Crippen LogP contribution in [0, 0.1) is 27.7 Å². The predicted octanol–water partition coefficient (Wildman–Crippen LogP) is 2.87. The molecule has 0 saturated heterocycles. The molecule has 0 aliphatic rings. The van der Waals surface area contributed by atoms with Gasteiger partial charge in [-0.3, -0.25) is 25.2 Å². The van der Waals surface area contributed by atoms with Crippen LogP contribution >= 0.6 is 0 Å². The zero-order valence-corrected chi connectivity index (χ0v) is 17.2. The molecule has 29 heavy (non-hydrogen) atoms. The van der Waals surface area contributed by atoms with Gasteiger partial charge in [-0.2, -0.15) is 0 Å². The Kier molecular flexibility index (Phi) is 7.77. The van der Waals surface area contributed by atoms with E-state index in [1.165, 1.54) is 0 Å². The topological polar surface area (TPSA) is 96.5 Å². The van der Waals surface area contributed by atoms with Crippen molar-refractivity contribution in [3.8, 4) is 5.75 Å². The average Bonchev–Trinajstić information content (AvgIpc) is 2.67. The number of carbonyl (C=O) groups excluding carboxylic acids is 3. The van der Waals surface area contributed by atoms with Crippen molar-refractivity contribution >= 4 is 23.4 Å². The van der Waals surface area contributed by atoms with Gasteiger partial charge in [-0.05, 0) is 62.6 Å². The average molecular weight is 397 g/mol. The summed E-state index contributed by atoms with van der Waals surface area (Å²) in [6, 6.07) is 11.2. The second-order valence-corrected chi connectivity index (χ2v) is 7.00. The van der Waals surface area contributed by atoms with Crippen LogP contribution in [0.1, 0.15) is 35.1 Å². The van der Waals surface area contributed by atoms with Crippen molar-refractivity contribution in [2.75, 3.05) is 11.9 Å². The number of benzene rings is 2. The summed E-state index contributed by atoms with van der Waals surface area (Å²) < 4.78 is 5.39. The Morgan fingerprint density at radius 2 is 1.45 bits per heavy atom. The molecule has 3 N–H and O–H groups in total. The monoisotopic (exact) mass is 397 g/mol. The third-order valence-corrected chi connectivity index (χ3v) is 4.42. The van der Waals surface area contributed by atoms with Crippen LogP contribution in [0.2, 0.25) is 0 Å². The fourth-order valence-electron chi connectivity index (χ4n) is 2.58. The molecule has 7 heteroatoms. The lowest BCUT2D eigenvalue weighted by Gasteiger charge is -2.11. The van der Waals surface area contributed by atoms with E-state index in [1.807, 2.05) is 58.0 Å². The second-order valence-electron chi connectivity index (χ2n) is 7.00. The number of carbonyl (C=O) groups is 3. The zero-order chi connectivity index (χ0) is 21.4. The Balaban J connectivity index is 1.67. The smallest absolute Gasteiger partial charge is 0.276 e. The Morgan fingerprint density at radius 3 is 2.14 bits per heavy atom. The first-order valence-corrected chi connectivity index (χ1v) is 9.39. The largest absolute Gasteiger partial charge is 0.484 e. The maximum Gasteiger partial charge on any atom is 0.276 e. The molecule has 0 radical (unpaired) electrons. The maximum absolute atomic E-state index is 12.0. The van der Waals surface area contributed by atoms with Crippen molar-refractivity contribution < 1.29 is 19.1 Å². The number of amides is 3. The van der Waals surface area contributed by atoms with E-state index >= 15 is 0 Å². The fourth-order valence-corrected chi connectivity index (χ4v) is 2.58. The fraction of sp³-hybridized carbons (Fsp3) is 0.318. The molecule has 0 aliphatic carbocycles. The minimum absolute atomic E-state index is 0.00810. The highest BCUT2D eigenvalue weighted by molar-refractivity contribution is 5.94. The molecule has 0 fully saturated rings. The molecular weight excluding hydrogens is 370 g/mol. The molecule has 0 atom stereocenters. The number of anilines is 1. The van der Waals surface area contributed by atoms with E-state index in [0.29, 0.717) is 5.75 Å². The summed E-state index contributed by atoms with van der Waals surface area (Å²) in [4.78, 5) is 35.6. The van der Waals surface area contributed by atoms with E-state index in [-0.39, 0.29) is 25.4 Å². The van der Waals surface area contributed by atoms with E-state index in [0.717, 1.165) is 27.9 Å². The standard InChI is InChI=1S/C22H27N3O4/c1-14-5-8-19(17(4)11-14)23-20(26)9-10-21(27)24-25-22(28)13-29-18-7-6-15(2)16(3)12-18/h5-8,11-12H,9-10,13H2,1-4H3,(H,23,26)(H,24,27)(H,25,28). The van der Waals surface area contributed by atoms with Crippen molar-refractivity contribution in [3.05, 3.63) is 58.7 Å². The van der Waals surface area contributed by atoms with Gasteiger partial charge in [0, 0.05) is 18.5 Å². The first-order chi connectivity index (χ1) is 13.7. The summed E-state index contributed by atoms with van der Waals surface area (Å²) in [5.41, 5.74) is 9.54. The van der Waals surface area contributed by atoms with E-state index in [2.05, 4.69) is 16.2 Å². The molecule has 154 valence electrons. The van der Waals surface area contributed by atoms with Crippen LogP contribution in [0.4, 0.5) is 5.69 Å². The maximum atomic E-state index is 12.0. The SMILES string of the molecule is Cc1ccc(NC(=O)CCC(=O)NNC(=O)COc2ccc(C)c(C)c2)c(C)c1. The Labute approximate surface area is 170 Å². The van der Waals surface area contributed by atoms with Crippen molar-refractivity contribution in [2.45, 2.75) is 40.5 Å². The van der Waals surface area contributed by atoms with Gasteiger partial charge >= 0.3 is 0 Å². The van der Waals surface area contributed by atoms with Crippen LogP contribution in [0.25, 0.3) is 0 Å². The highest BCUT2D eigenvalue weighted by Crippen LogP contribution is 2.17. The van der Waals surface area contributed by atoms with Gasteiger partial charge in [0.15, 0.2) is 6.61 Å². The summed E-state index contributed by atoms with van der Waals surface area (Å²) in [7, 11) is 0. The number of ether oxygens (including phenoxy) is 1. The van der Waals surface area contributed by atoms with Crippen LogP contribution < -0.4 is 20.9 Å². The van der Waals surface area contributed by atoms with Gasteiger partial charge in [-0.15, -0.1) is 0 Å². The van der Waals surface area contributed by atoms with E-state index in [1.54, 1.807) is 6.07 Å². The number of hydrogen-bond donors (Lipinski definition) is 3. The summed E-state index contributed by atoms with van der Waals surface area (Å²) >= 11 is 0. The van der Waals surface area contributed by atoms with Gasteiger partial charge < -0.3 is 10.1 Å². The minimum atomic E-state index is -0.490. The molecule has 0 unspecified atom stereocenters. The summed E-state index contributed by atoms with van der Waals surface area (Å²) in [6.45, 7) is 7.60. The summed E-state index contributed by atoms with van der Waals surface area (Å²) in [6.07, 6.45) is -0.0385. The molecule has 0 bridgehead atoms. The van der Waals surface area contributed by atoms with Gasteiger partial charge in [-0.1, -0.05) is 23.8 Å². The lowest BCUT2D eigenvalue weighted by molar-refractivity contribution is -0.130. The lowest BCUT2D eigenvalue weighted by atomic mass is 10.1. The molecular formula is C22H27N3O4. The van der Waals surface area contributed by atoms with Gasteiger partial charge in [0.05, 0.1) is 0 Å². The molecule has 7 nitrogen and oxygen atoms in total. The molecule has 3 amide bonds. The van der Waals surface area contributed by atoms with Gasteiger partial charge in [0.25, 0.3) is 5.91 Å². The van der Waals surface area contributed by atoms with Crippen LogP contribution in [-0.2, 0) is 14.4 Å². The quantitative estimate of drug-likeness (QED) is 0.626. The van der Waals surface area contributed by atoms with Crippen molar-refractivity contribution in [2.24, 2.45) is 0 Å². The zero-order valence-electron chi connectivity index (χ0n) is 17.2. The predicted molar refractivity (Wildman–Crippen MR) is 111 cm³/mol. The van der Waals surface area contributed by atoms with E-state index in [4.69, 9.17) is 4.74 Å². The van der Waals surface area contributed by atoms with Crippen molar-refractivity contribution in [1.82, 2.24) is 10.9 Å². The van der Waals surface area contributed by atoms with Crippen molar-refractivity contribution in [1.29, 1.82) is 0 Å². The number of hydrazine groups is 1. The summed E-state index contributed by atoms with van der Waals surface area (Å²) in [5, 5.41) is 2.78. The molecule has 0 aliphatic heterocycles. The highest BCUT2D eigenvalue weighted by atomic mass is 16.5. The molecule has 0 spiro atoms. The third kappa shape index (κ3) is 7.29. The highest BCUT2D eigenvalue weighted by Gasteiger charge is 2.10. The van der Waals surface area contributed by atoms with Gasteiger partial charge in [-0.25, -0.2) is 0 Å². The van der Waals surface area contributed by atoms with Crippen molar-refractivity contribution in [3.63, 3.8) is 0 Å². The van der Waals surface area contributed by atoms with Crippen LogP contribution in [0.5, 0.6) is 5.75 Å². The second kappa shape index (κ2) is 10.3. The van der Waals surface area contributed by atoms with Gasteiger partial charge in [0.2, 0.25) is 11.8 Å². The molecule has 0 saturated carbocycles. The Hall–Kier alpha value is -3.35.